The van der Waals surface area contributed by atoms with Crippen molar-refractivity contribution in [3.8, 4) is 0 Å². The molecule has 2 unspecified atom stereocenters. The number of rotatable bonds is 25. The lowest BCUT2D eigenvalue weighted by molar-refractivity contribution is -0.160. The number of carbonyl (C=O) groups excluding carboxylic acids is 7. The summed E-state index contributed by atoms with van der Waals surface area (Å²) in [4.78, 5) is 82.8. The zero-order chi connectivity index (χ0) is 74.0. The summed E-state index contributed by atoms with van der Waals surface area (Å²) in [6, 6.07) is 0. The predicted molar refractivity (Wildman–Crippen MR) is 375 cm³/mol. The average Bonchev–Trinajstić information content (AvgIpc) is 1.53. The Hall–Kier alpha value is -4.84. The van der Waals surface area contributed by atoms with Crippen LogP contribution in [0.25, 0.3) is 0 Å². The summed E-state index contributed by atoms with van der Waals surface area (Å²) in [5.41, 5.74) is -4.11. The van der Waals surface area contributed by atoms with Crippen LogP contribution in [0.1, 0.15) is 307 Å². The van der Waals surface area contributed by atoms with Gasteiger partial charge in [0.05, 0.1) is 12.0 Å². The fourth-order valence-corrected chi connectivity index (χ4v) is 10.3. The highest BCUT2D eigenvalue weighted by Crippen LogP contribution is 2.65. The Balaban J connectivity index is 0.00000113. The number of ether oxygens (including phenoxy) is 1. The molecule has 0 aromatic heterocycles. The molecule has 1 heterocycles. The summed E-state index contributed by atoms with van der Waals surface area (Å²) < 4.78 is 71.2. The van der Waals surface area contributed by atoms with Gasteiger partial charge in [-0.05, 0) is 108 Å². The third-order valence-corrected chi connectivity index (χ3v) is 21.7. The molecular formula is C76H135F5N6O8. The molecule has 0 spiro atoms. The lowest BCUT2D eigenvalue weighted by Crippen LogP contribution is -2.51. The molecule has 4 aliphatic rings. The first-order valence-corrected chi connectivity index (χ1v) is 35.9. The maximum atomic E-state index is 13.4. The fourth-order valence-electron chi connectivity index (χ4n) is 10.3. The topological polar surface area (TPSA) is 201 Å². The Kier molecular flexibility index (Phi) is 37.1. The maximum Gasteiger partial charge on any atom is 0.313 e. The number of hydrogen-bond acceptors (Lipinski definition) is 8. The van der Waals surface area contributed by atoms with E-state index in [0.717, 1.165) is 89.4 Å². The van der Waals surface area contributed by atoms with Crippen LogP contribution < -0.4 is 31.9 Å². The second kappa shape index (κ2) is 39.1. The van der Waals surface area contributed by atoms with Crippen molar-refractivity contribution in [2.75, 3.05) is 32.7 Å². The Labute approximate surface area is 572 Å². The largest absolute Gasteiger partial charge is 0.456 e. The molecule has 19 heteroatoms. The molecule has 95 heavy (non-hydrogen) atoms. The van der Waals surface area contributed by atoms with Crippen LogP contribution in [0.15, 0.2) is 0 Å². The molecule has 1 saturated heterocycles. The highest BCUT2D eigenvalue weighted by Gasteiger charge is 2.72. The van der Waals surface area contributed by atoms with Crippen molar-refractivity contribution in [3.63, 3.8) is 0 Å². The zero-order valence-corrected chi connectivity index (χ0v) is 64.2. The summed E-state index contributed by atoms with van der Waals surface area (Å²) in [5, 5.41) is 17.3. The minimum atomic E-state index is -2.22. The van der Waals surface area contributed by atoms with Gasteiger partial charge >= 0.3 is 5.97 Å². The summed E-state index contributed by atoms with van der Waals surface area (Å²) in [6.45, 7) is 52.7. The molecule has 4 fully saturated rings. The quantitative estimate of drug-likeness (QED) is 0.0182. The minimum absolute atomic E-state index is 0.0294. The molecule has 3 saturated carbocycles. The first-order chi connectivity index (χ1) is 43.5. The number of amides is 6. The number of nitrogens with one attached hydrogen (secondary N) is 6. The van der Waals surface area contributed by atoms with Gasteiger partial charge in [0.1, 0.15) is 5.60 Å². The Morgan fingerprint density at radius 3 is 1.08 bits per heavy atom. The number of benzene rings is 1. The first-order valence-electron chi connectivity index (χ1n) is 35.9. The van der Waals surface area contributed by atoms with Gasteiger partial charge in [0.15, 0.2) is 23.3 Å². The van der Waals surface area contributed by atoms with Crippen molar-refractivity contribution in [1.29, 1.82) is 0 Å². The predicted octanol–water partition coefficient (Wildman–Crippen LogP) is 17.3. The Morgan fingerprint density at radius 2 is 0.758 bits per heavy atom. The van der Waals surface area contributed by atoms with Crippen molar-refractivity contribution in [1.82, 2.24) is 31.9 Å². The molecule has 6 amide bonds. The van der Waals surface area contributed by atoms with Gasteiger partial charge in [-0.15, -0.1) is 0 Å². The highest BCUT2D eigenvalue weighted by atomic mass is 19.2. The van der Waals surface area contributed by atoms with Gasteiger partial charge in [-0.1, -0.05) is 211 Å². The van der Waals surface area contributed by atoms with Crippen LogP contribution in [0.5, 0.6) is 0 Å². The highest BCUT2D eigenvalue weighted by molar-refractivity contribution is 5.85. The molecule has 5 rings (SSSR count). The Bertz CT molecular complexity index is 2570. The van der Waals surface area contributed by atoms with E-state index in [4.69, 9.17) is 4.74 Å². The summed E-state index contributed by atoms with van der Waals surface area (Å²) >= 11 is 0. The fraction of sp³-hybridized carbons (Fsp3) is 0.829. The molecule has 552 valence electrons. The minimum Gasteiger partial charge on any atom is -0.456 e. The lowest BCUT2D eigenvalue weighted by Gasteiger charge is -2.37. The van der Waals surface area contributed by atoms with E-state index in [1.807, 2.05) is 96.9 Å². The van der Waals surface area contributed by atoms with E-state index in [2.05, 4.69) is 87.3 Å². The van der Waals surface area contributed by atoms with Crippen molar-refractivity contribution in [2.45, 2.75) is 314 Å². The molecule has 2 bridgehead atoms. The zero-order valence-electron chi connectivity index (χ0n) is 64.2. The third kappa shape index (κ3) is 27.4. The van der Waals surface area contributed by atoms with Crippen molar-refractivity contribution < 1.29 is 60.3 Å². The summed E-state index contributed by atoms with van der Waals surface area (Å²) in [7, 11) is 0. The van der Waals surface area contributed by atoms with Crippen LogP contribution in [0.3, 0.4) is 0 Å². The molecule has 1 aromatic rings. The number of unbranched alkanes of at least 4 members (excludes halogenated alkanes) is 2. The second-order valence-corrected chi connectivity index (χ2v) is 33.0. The van der Waals surface area contributed by atoms with Crippen molar-refractivity contribution >= 4 is 41.4 Å². The average molecular weight is 1360 g/mol. The number of halogens is 5. The molecule has 0 radical (unpaired) electrons. The van der Waals surface area contributed by atoms with Crippen LogP contribution in [0.2, 0.25) is 0 Å². The Morgan fingerprint density at radius 1 is 0.432 bits per heavy atom. The molecule has 14 nitrogen and oxygen atoms in total. The molecule has 2 atom stereocenters. The van der Waals surface area contributed by atoms with E-state index in [-0.39, 0.29) is 73.4 Å². The number of carbonyl (C=O) groups is 7. The third-order valence-electron chi connectivity index (χ3n) is 21.7. The molecule has 3 aliphatic carbocycles. The van der Waals surface area contributed by atoms with Gasteiger partial charge in [-0.2, -0.15) is 0 Å². The standard InChI is InChI=1S/C16H27NO3.C13H14F5NO.C13H25NO.C12H23NO.2C11H23NO/c1-7-13(2,3)11(18)17-10-16-9-8-15(6,12(19)20-16)14(16,4)5;1-4-13(2,3)12(20)19-5-6-7(14)9(16)11(18)10(17)8(6)15;1-4-13(2,3)12(15)14-10-11-8-6-5-7-9-11;1-4-12(2,3)11(14)13-9-10-7-5-6-8-10;1-7-11(5,6)9(13)12-8-10(2,3)4;1-5-7-8-9-12-10(13)11(3,4)6-2/h7-10H2,1-6H3,(H,17,18);4-5H2,1-3H3,(H,19,20);11H,4-10H2,1-3H3,(H,14,15);10H,4-9H2,1-3H3,(H,13,14);7-8H2,1-6H3,(H,12,13);5-9H2,1-4H3,(H,12,13). The van der Waals surface area contributed by atoms with E-state index in [1.54, 1.807) is 20.8 Å². The van der Waals surface area contributed by atoms with Crippen LogP contribution in [0, 0.1) is 89.7 Å². The van der Waals surface area contributed by atoms with E-state index < -0.39 is 63.5 Å². The summed E-state index contributed by atoms with van der Waals surface area (Å²) in [5.74, 6) is -8.51. The van der Waals surface area contributed by atoms with Crippen LogP contribution in [-0.4, -0.2) is 79.7 Å². The van der Waals surface area contributed by atoms with Gasteiger partial charge in [-0.3, -0.25) is 33.6 Å². The molecule has 1 aliphatic heterocycles. The van der Waals surface area contributed by atoms with Crippen LogP contribution in [0.4, 0.5) is 22.0 Å². The normalized spacial score (nSPS) is 18.8. The maximum absolute atomic E-state index is 13.4. The number of fused-ring (bicyclic) bond motifs is 2. The van der Waals surface area contributed by atoms with Crippen LogP contribution in [-0.2, 0) is 44.8 Å². The molecular weight excluding hydrogens is 1220 g/mol. The number of hydrogen-bond donors (Lipinski definition) is 6. The van der Waals surface area contributed by atoms with E-state index in [0.29, 0.717) is 13.0 Å². The van der Waals surface area contributed by atoms with Gasteiger partial charge in [0, 0.05) is 76.2 Å². The molecule has 6 N–H and O–H groups in total. The van der Waals surface area contributed by atoms with Gasteiger partial charge in [0.2, 0.25) is 41.3 Å². The van der Waals surface area contributed by atoms with Crippen molar-refractivity contribution in [3.05, 3.63) is 34.6 Å². The first kappa shape index (κ1) is 90.2. The van der Waals surface area contributed by atoms with E-state index >= 15 is 0 Å². The van der Waals surface area contributed by atoms with Gasteiger partial charge in [0.25, 0.3) is 0 Å². The van der Waals surface area contributed by atoms with E-state index in [1.165, 1.54) is 70.6 Å². The van der Waals surface area contributed by atoms with Crippen LogP contribution >= 0.6 is 0 Å². The number of esters is 1. The smallest absolute Gasteiger partial charge is 0.313 e. The lowest BCUT2D eigenvalue weighted by atomic mass is 9.66. The van der Waals surface area contributed by atoms with Crippen molar-refractivity contribution in [2.24, 2.45) is 60.6 Å². The monoisotopic (exact) mass is 1360 g/mol. The van der Waals surface area contributed by atoms with E-state index in [9.17, 15) is 55.5 Å². The van der Waals surface area contributed by atoms with Gasteiger partial charge in [-0.25, -0.2) is 22.0 Å². The SMILES string of the molecule is CCC(C)(C)C(=O)NCC(C)(C)C.CCC(C)(C)C(=O)NCC12CCC(C)(C(=O)O1)C2(C)C.CCC(C)(C)C(=O)NCC1CCCC1.CCC(C)(C)C(=O)NCC1CCCCC1.CCC(C)(C)C(=O)NCc1c(F)c(F)c(F)c(F)c1F.CCCCCNC(=O)C(C)(C)CC. The molecule has 1 aromatic carbocycles. The summed E-state index contributed by atoms with van der Waals surface area (Å²) in [6.07, 6.45) is 21.9. The van der Waals surface area contributed by atoms with Gasteiger partial charge < -0.3 is 36.6 Å². The second-order valence-electron chi connectivity index (χ2n) is 33.0.